The van der Waals surface area contributed by atoms with Crippen molar-refractivity contribution < 1.29 is 0 Å². The van der Waals surface area contributed by atoms with Crippen molar-refractivity contribution in [1.82, 2.24) is 15.1 Å². The summed E-state index contributed by atoms with van der Waals surface area (Å²) in [6.45, 7) is 7.45. The summed E-state index contributed by atoms with van der Waals surface area (Å²) in [6, 6.07) is 7.08. The number of likely N-dealkylation sites (N-methyl/N-ethyl adjacent to an activating group) is 1. The molecule has 0 aliphatic rings. The van der Waals surface area contributed by atoms with Gasteiger partial charge in [0.25, 0.3) is 0 Å². The van der Waals surface area contributed by atoms with Crippen LogP contribution in [0.2, 0.25) is 0 Å². The molecule has 19 heavy (non-hydrogen) atoms. The molecule has 1 unspecified atom stereocenters. The number of aromatic nitrogens is 2. The van der Waals surface area contributed by atoms with Gasteiger partial charge in [-0.15, -0.1) is 0 Å². The second kappa shape index (κ2) is 6.02. The molecule has 0 amide bonds. The first kappa shape index (κ1) is 13.8. The summed E-state index contributed by atoms with van der Waals surface area (Å²) in [4.78, 5) is 0. The maximum Gasteiger partial charge on any atom is 0.0522 e. The van der Waals surface area contributed by atoms with E-state index in [1.807, 2.05) is 17.9 Å². The van der Waals surface area contributed by atoms with Gasteiger partial charge in [0.05, 0.1) is 6.20 Å². The Labute approximate surface area is 115 Å². The lowest BCUT2D eigenvalue weighted by Crippen LogP contribution is -2.23. The smallest absolute Gasteiger partial charge is 0.0522 e. The van der Waals surface area contributed by atoms with E-state index in [4.69, 9.17) is 0 Å². The summed E-state index contributed by atoms with van der Waals surface area (Å²) in [5.74, 6) is 0. The van der Waals surface area contributed by atoms with Crippen molar-refractivity contribution in [1.29, 1.82) is 0 Å². The van der Waals surface area contributed by atoms with Crippen molar-refractivity contribution in [3.8, 4) is 0 Å². The number of rotatable bonds is 5. The fourth-order valence-corrected chi connectivity index (χ4v) is 2.35. The van der Waals surface area contributed by atoms with E-state index in [0.717, 1.165) is 13.0 Å². The van der Waals surface area contributed by atoms with Crippen LogP contribution in [-0.4, -0.2) is 16.3 Å². The van der Waals surface area contributed by atoms with Gasteiger partial charge in [0.15, 0.2) is 0 Å². The molecule has 0 aliphatic carbocycles. The highest BCUT2D eigenvalue weighted by atomic mass is 15.2. The standard InChI is InChI=1S/C16H23N3/c1-5-17-16(9-14-10-18-19(4)11-14)15-7-6-12(2)13(3)8-15/h6-8,10-11,16-17H,5,9H2,1-4H3. The number of nitrogens with one attached hydrogen (secondary N) is 1. The molecule has 1 N–H and O–H groups in total. The van der Waals surface area contributed by atoms with Crippen LogP contribution >= 0.6 is 0 Å². The summed E-state index contributed by atoms with van der Waals surface area (Å²) in [7, 11) is 1.96. The Kier molecular flexibility index (Phi) is 4.38. The second-order valence-electron chi connectivity index (χ2n) is 5.18. The Morgan fingerprint density at radius 3 is 2.63 bits per heavy atom. The third kappa shape index (κ3) is 3.44. The van der Waals surface area contributed by atoms with E-state index in [1.165, 1.54) is 22.3 Å². The highest BCUT2D eigenvalue weighted by Crippen LogP contribution is 2.20. The minimum absolute atomic E-state index is 0.355. The van der Waals surface area contributed by atoms with Gasteiger partial charge in [0.1, 0.15) is 0 Å². The topological polar surface area (TPSA) is 29.9 Å². The van der Waals surface area contributed by atoms with Gasteiger partial charge < -0.3 is 5.32 Å². The molecule has 0 saturated carbocycles. The lowest BCUT2D eigenvalue weighted by atomic mass is 9.97. The van der Waals surface area contributed by atoms with Gasteiger partial charge >= 0.3 is 0 Å². The van der Waals surface area contributed by atoms with Gasteiger partial charge in [-0.2, -0.15) is 5.10 Å². The molecule has 1 aromatic carbocycles. The number of benzene rings is 1. The van der Waals surface area contributed by atoms with Crippen molar-refractivity contribution in [3.63, 3.8) is 0 Å². The Morgan fingerprint density at radius 2 is 2.05 bits per heavy atom. The summed E-state index contributed by atoms with van der Waals surface area (Å²) < 4.78 is 1.86. The molecule has 0 radical (unpaired) electrons. The largest absolute Gasteiger partial charge is 0.310 e. The van der Waals surface area contributed by atoms with Crippen LogP contribution in [0.5, 0.6) is 0 Å². The quantitative estimate of drug-likeness (QED) is 0.892. The van der Waals surface area contributed by atoms with Gasteiger partial charge in [-0.3, -0.25) is 4.68 Å². The summed E-state index contributed by atoms with van der Waals surface area (Å²) in [5.41, 5.74) is 5.33. The zero-order valence-electron chi connectivity index (χ0n) is 12.3. The minimum Gasteiger partial charge on any atom is -0.310 e. The summed E-state index contributed by atoms with van der Waals surface area (Å²) in [6.07, 6.45) is 5.01. The molecule has 0 spiro atoms. The lowest BCUT2D eigenvalue weighted by Gasteiger charge is -2.18. The van der Waals surface area contributed by atoms with Crippen LogP contribution in [0.4, 0.5) is 0 Å². The monoisotopic (exact) mass is 257 g/mol. The van der Waals surface area contributed by atoms with Crippen LogP contribution < -0.4 is 5.32 Å². The molecule has 0 fully saturated rings. The van der Waals surface area contributed by atoms with Crippen LogP contribution in [0, 0.1) is 13.8 Å². The first-order valence-corrected chi connectivity index (χ1v) is 6.88. The fourth-order valence-electron chi connectivity index (χ4n) is 2.35. The van der Waals surface area contributed by atoms with Crippen molar-refractivity contribution in [2.75, 3.05) is 6.54 Å². The predicted molar refractivity (Wildman–Crippen MR) is 79.2 cm³/mol. The van der Waals surface area contributed by atoms with Crippen LogP contribution in [0.3, 0.4) is 0 Å². The van der Waals surface area contributed by atoms with Crippen molar-refractivity contribution in [2.24, 2.45) is 7.05 Å². The molecule has 2 rings (SSSR count). The minimum atomic E-state index is 0.355. The third-order valence-electron chi connectivity index (χ3n) is 3.58. The molecule has 3 heteroatoms. The molecule has 1 heterocycles. The number of aryl methyl sites for hydroxylation is 3. The van der Waals surface area contributed by atoms with Crippen molar-refractivity contribution >= 4 is 0 Å². The Balaban J connectivity index is 2.21. The molecule has 0 aliphatic heterocycles. The van der Waals surface area contributed by atoms with E-state index in [-0.39, 0.29) is 0 Å². The van der Waals surface area contributed by atoms with Crippen LogP contribution in [0.15, 0.2) is 30.6 Å². The average Bonchev–Trinajstić information content (AvgIpc) is 2.78. The first-order valence-electron chi connectivity index (χ1n) is 6.88. The van der Waals surface area contributed by atoms with Gasteiger partial charge in [-0.1, -0.05) is 25.1 Å². The Morgan fingerprint density at radius 1 is 1.26 bits per heavy atom. The van der Waals surface area contributed by atoms with E-state index in [9.17, 15) is 0 Å². The first-order chi connectivity index (χ1) is 9.10. The van der Waals surface area contributed by atoms with Gasteiger partial charge in [-0.25, -0.2) is 0 Å². The normalized spacial score (nSPS) is 12.6. The Bertz CT molecular complexity index is 543. The van der Waals surface area contributed by atoms with Gasteiger partial charge in [0, 0.05) is 19.3 Å². The average molecular weight is 257 g/mol. The van der Waals surface area contributed by atoms with E-state index in [0.29, 0.717) is 6.04 Å². The Hall–Kier alpha value is -1.61. The van der Waals surface area contributed by atoms with E-state index >= 15 is 0 Å². The number of hydrogen-bond acceptors (Lipinski definition) is 2. The highest BCUT2D eigenvalue weighted by Gasteiger charge is 2.12. The SMILES string of the molecule is CCNC(Cc1cnn(C)c1)c1ccc(C)c(C)c1. The molecular weight excluding hydrogens is 234 g/mol. The van der Waals surface area contributed by atoms with Crippen molar-refractivity contribution in [2.45, 2.75) is 33.2 Å². The molecule has 2 aromatic rings. The van der Waals surface area contributed by atoms with Crippen molar-refractivity contribution in [3.05, 3.63) is 52.8 Å². The fraction of sp³-hybridized carbons (Fsp3) is 0.438. The molecule has 1 atom stereocenters. The van der Waals surface area contributed by atoms with Crippen LogP contribution in [-0.2, 0) is 13.5 Å². The number of hydrogen-bond donors (Lipinski definition) is 1. The maximum atomic E-state index is 4.24. The molecular formula is C16H23N3. The zero-order valence-corrected chi connectivity index (χ0v) is 12.3. The van der Waals surface area contributed by atoms with E-state index < -0.39 is 0 Å². The zero-order chi connectivity index (χ0) is 13.8. The molecule has 102 valence electrons. The molecule has 0 bridgehead atoms. The second-order valence-corrected chi connectivity index (χ2v) is 5.18. The van der Waals surface area contributed by atoms with E-state index in [2.05, 4.69) is 55.6 Å². The van der Waals surface area contributed by atoms with E-state index in [1.54, 1.807) is 0 Å². The van der Waals surface area contributed by atoms with Crippen LogP contribution in [0.1, 0.15) is 35.2 Å². The molecule has 0 saturated heterocycles. The lowest BCUT2D eigenvalue weighted by molar-refractivity contribution is 0.549. The van der Waals surface area contributed by atoms with Gasteiger partial charge in [0.2, 0.25) is 0 Å². The van der Waals surface area contributed by atoms with Crippen LogP contribution in [0.25, 0.3) is 0 Å². The van der Waals surface area contributed by atoms with Gasteiger partial charge in [-0.05, 0) is 49.1 Å². The molecule has 1 aromatic heterocycles. The maximum absolute atomic E-state index is 4.24. The summed E-state index contributed by atoms with van der Waals surface area (Å²) >= 11 is 0. The molecule has 3 nitrogen and oxygen atoms in total. The third-order valence-corrected chi connectivity index (χ3v) is 3.58. The highest BCUT2D eigenvalue weighted by molar-refractivity contribution is 5.32. The number of nitrogens with zero attached hydrogens (tertiary/aromatic N) is 2. The predicted octanol–water partition coefficient (Wildman–Crippen LogP) is 2.93. The summed E-state index contributed by atoms with van der Waals surface area (Å²) in [5, 5.41) is 7.81.